The molecule has 0 bridgehead atoms. The van der Waals surface area contributed by atoms with Crippen molar-refractivity contribution >= 4 is 11.6 Å². The van der Waals surface area contributed by atoms with Crippen LogP contribution in [0.4, 0.5) is 5.69 Å². The Balaban J connectivity index is 1.92. The highest BCUT2D eigenvalue weighted by Gasteiger charge is 2.25. The van der Waals surface area contributed by atoms with Crippen LogP contribution in [-0.2, 0) is 4.79 Å². The first kappa shape index (κ1) is 17.5. The monoisotopic (exact) mass is 313 g/mol. The number of amides is 1. The molecule has 4 heteroatoms. The van der Waals surface area contributed by atoms with Gasteiger partial charge in [-0.3, -0.25) is 4.79 Å². The summed E-state index contributed by atoms with van der Waals surface area (Å²) in [5.41, 5.74) is 2.17. The van der Waals surface area contributed by atoms with Gasteiger partial charge in [0, 0.05) is 24.6 Å². The fourth-order valence-corrected chi connectivity index (χ4v) is 3.12. The number of likely N-dealkylation sites (tertiary alicyclic amines) is 1. The Morgan fingerprint density at radius 3 is 2.74 bits per heavy atom. The molecule has 1 N–H and O–H groups in total. The summed E-state index contributed by atoms with van der Waals surface area (Å²) in [6.07, 6.45) is 3.38. The van der Waals surface area contributed by atoms with Crippen LogP contribution in [0, 0.1) is 17.2 Å². The van der Waals surface area contributed by atoms with Gasteiger partial charge in [-0.1, -0.05) is 32.0 Å². The van der Waals surface area contributed by atoms with Crippen molar-refractivity contribution in [3.8, 4) is 6.07 Å². The number of hydrogen-bond donors (Lipinski definition) is 1. The molecule has 1 saturated heterocycles. The average molecular weight is 313 g/mol. The van der Waals surface area contributed by atoms with Crippen LogP contribution in [0.2, 0.25) is 0 Å². The van der Waals surface area contributed by atoms with E-state index in [1.807, 2.05) is 18.2 Å². The molecule has 1 atom stereocenters. The molecule has 0 spiro atoms. The molecule has 1 aliphatic heterocycles. The molecule has 1 aromatic carbocycles. The van der Waals surface area contributed by atoms with Gasteiger partial charge in [0.15, 0.2) is 0 Å². The molecule has 1 heterocycles. The maximum Gasteiger partial charge on any atom is 0.227 e. The Labute approximate surface area is 139 Å². The summed E-state index contributed by atoms with van der Waals surface area (Å²) in [6, 6.07) is 10.3. The molecule has 1 amide bonds. The van der Waals surface area contributed by atoms with Crippen molar-refractivity contribution in [2.75, 3.05) is 25.0 Å². The number of carbonyl (C=O) groups is 1. The van der Waals surface area contributed by atoms with Crippen LogP contribution in [0.5, 0.6) is 0 Å². The summed E-state index contributed by atoms with van der Waals surface area (Å²) in [7, 11) is 0. The predicted molar refractivity (Wildman–Crippen MR) is 93.2 cm³/mol. The van der Waals surface area contributed by atoms with Gasteiger partial charge in [-0.15, -0.1) is 0 Å². The number of anilines is 1. The van der Waals surface area contributed by atoms with E-state index in [-0.39, 0.29) is 11.8 Å². The van der Waals surface area contributed by atoms with Gasteiger partial charge in [0.1, 0.15) is 0 Å². The lowest BCUT2D eigenvalue weighted by atomic mass is 9.94. The fourth-order valence-electron chi connectivity index (χ4n) is 3.12. The molecule has 1 aliphatic rings. The van der Waals surface area contributed by atoms with E-state index in [4.69, 9.17) is 5.26 Å². The van der Waals surface area contributed by atoms with Gasteiger partial charge in [-0.2, -0.15) is 5.26 Å². The van der Waals surface area contributed by atoms with E-state index in [9.17, 15) is 4.79 Å². The zero-order valence-corrected chi connectivity index (χ0v) is 14.2. The Morgan fingerprint density at radius 2 is 2.09 bits per heavy atom. The fraction of sp³-hybridized carbons (Fsp3) is 0.579. The van der Waals surface area contributed by atoms with E-state index in [2.05, 4.69) is 36.2 Å². The van der Waals surface area contributed by atoms with Gasteiger partial charge in [0.25, 0.3) is 0 Å². The SMILES string of the molecule is CCC(C)c1ccccc1NC(=O)C1CCN(CCC#N)CC1. The molecular weight excluding hydrogens is 286 g/mol. The van der Waals surface area contributed by atoms with Gasteiger partial charge >= 0.3 is 0 Å². The third kappa shape index (κ3) is 4.80. The molecule has 2 rings (SSSR count). The Kier molecular flexibility index (Phi) is 6.61. The third-order valence-corrected chi connectivity index (χ3v) is 4.86. The molecule has 0 aliphatic carbocycles. The molecule has 0 saturated carbocycles. The molecule has 4 nitrogen and oxygen atoms in total. The van der Waals surface area contributed by atoms with Gasteiger partial charge < -0.3 is 10.2 Å². The number of nitrogens with zero attached hydrogens (tertiary/aromatic N) is 2. The van der Waals surface area contributed by atoms with Gasteiger partial charge in [-0.25, -0.2) is 0 Å². The highest BCUT2D eigenvalue weighted by Crippen LogP contribution is 2.28. The molecular formula is C19H27N3O. The van der Waals surface area contributed by atoms with E-state index in [0.29, 0.717) is 12.3 Å². The Hall–Kier alpha value is -1.86. The molecule has 0 aromatic heterocycles. The summed E-state index contributed by atoms with van der Waals surface area (Å²) in [5.74, 6) is 0.665. The molecule has 1 fully saturated rings. The van der Waals surface area contributed by atoms with Crippen molar-refractivity contribution in [2.24, 2.45) is 5.92 Å². The topological polar surface area (TPSA) is 56.1 Å². The molecule has 0 radical (unpaired) electrons. The van der Waals surface area contributed by atoms with Crippen molar-refractivity contribution in [1.29, 1.82) is 5.26 Å². The number of benzene rings is 1. The van der Waals surface area contributed by atoms with Crippen LogP contribution >= 0.6 is 0 Å². The second-order valence-corrected chi connectivity index (χ2v) is 6.41. The van der Waals surface area contributed by atoms with Crippen molar-refractivity contribution in [3.05, 3.63) is 29.8 Å². The molecule has 1 unspecified atom stereocenters. The minimum absolute atomic E-state index is 0.0818. The molecule has 124 valence electrons. The predicted octanol–water partition coefficient (Wildman–Crippen LogP) is 3.76. The van der Waals surface area contributed by atoms with Crippen molar-refractivity contribution < 1.29 is 4.79 Å². The van der Waals surface area contributed by atoms with E-state index in [0.717, 1.165) is 44.6 Å². The smallest absolute Gasteiger partial charge is 0.227 e. The second-order valence-electron chi connectivity index (χ2n) is 6.41. The minimum Gasteiger partial charge on any atom is -0.326 e. The summed E-state index contributed by atoms with van der Waals surface area (Å²) >= 11 is 0. The van der Waals surface area contributed by atoms with Gasteiger partial charge in [-0.05, 0) is 49.9 Å². The largest absolute Gasteiger partial charge is 0.326 e. The maximum absolute atomic E-state index is 12.6. The van der Waals surface area contributed by atoms with Crippen LogP contribution in [-0.4, -0.2) is 30.4 Å². The third-order valence-electron chi connectivity index (χ3n) is 4.86. The standard InChI is InChI=1S/C19H27N3O/c1-3-15(2)17-7-4-5-8-18(17)21-19(23)16-9-13-22(14-10-16)12-6-11-20/h4-5,7-8,15-16H,3,6,9-10,12-14H2,1-2H3,(H,21,23). The van der Waals surface area contributed by atoms with Crippen LogP contribution < -0.4 is 5.32 Å². The van der Waals surface area contributed by atoms with Crippen LogP contribution in [0.15, 0.2) is 24.3 Å². The number of hydrogen-bond acceptors (Lipinski definition) is 3. The highest BCUT2D eigenvalue weighted by atomic mass is 16.1. The normalized spacial score (nSPS) is 17.4. The zero-order chi connectivity index (χ0) is 16.7. The van der Waals surface area contributed by atoms with Crippen molar-refractivity contribution in [3.63, 3.8) is 0 Å². The second kappa shape index (κ2) is 8.69. The van der Waals surface area contributed by atoms with E-state index in [1.165, 1.54) is 5.56 Å². The summed E-state index contributed by atoms with van der Waals surface area (Å²) < 4.78 is 0. The first-order valence-electron chi connectivity index (χ1n) is 8.64. The summed E-state index contributed by atoms with van der Waals surface area (Å²) in [6.45, 7) is 7.00. The lowest BCUT2D eigenvalue weighted by Gasteiger charge is -2.30. The quantitative estimate of drug-likeness (QED) is 0.870. The zero-order valence-electron chi connectivity index (χ0n) is 14.2. The van der Waals surface area contributed by atoms with E-state index in [1.54, 1.807) is 0 Å². The summed E-state index contributed by atoms with van der Waals surface area (Å²) in [5, 5.41) is 11.8. The van der Waals surface area contributed by atoms with Crippen molar-refractivity contribution in [2.45, 2.75) is 45.4 Å². The molecule has 23 heavy (non-hydrogen) atoms. The number of carbonyl (C=O) groups excluding carboxylic acids is 1. The van der Waals surface area contributed by atoms with Gasteiger partial charge in [0.05, 0.1) is 6.07 Å². The van der Waals surface area contributed by atoms with Crippen LogP contribution in [0.1, 0.15) is 51.0 Å². The van der Waals surface area contributed by atoms with E-state index < -0.39 is 0 Å². The Bertz CT molecular complexity index is 556. The number of piperidine rings is 1. The van der Waals surface area contributed by atoms with Crippen LogP contribution in [0.3, 0.4) is 0 Å². The maximum atomic E-state index is 12.6. The highest BCUT2D eigenvalue weighted by molar-refractivity contribution is 5.93. The van der Waals surface area contributed by atoms with Gasteiger partial charge in [0.2, 0.25) is 5.91 Å². The first-order chi connectivity index (χ1) is 11.2. The number of para-hydroxylation sites is 1. The van der Waals surface area contributed by atoms with E-state index >= 15 is 0 Å². The van der Waals surface area contributed by atoms with Crippen molar-refractivity contribution in [1.82, 2.24) is 4.90 Å². The average Bonchev–Trinajstić information content (AvgIpc) is 2.60. The number of nitrogens with one attached hydrogen (secondary N) is 1. The lowest BCUT2D eigenvalue weighted by Crippen LogP contribution is -2.38. The lowest BCUT2D eigenvalue weighted by molar-refractivity contribution is -0.121. The minimum atomic E-state index is 0.0818. The molecule has 1 aromatic rings. The Morgan fingerprint density at radius 1 is 1.39 bits per heavy atom. The summed E-state index contributed by atoms with van der Waals surface area (Å²) in [4.78, 5) is 14.8. The number of rotatable bonds is 6. The van der Waals surface area contributed by atoms with Crippen LogP contribution in [0.25, 0.3) is 0 Å². The number of nitriles is 1. The first-order valence-corrected chi connectivity index (χ1v) is 8.64.